The van der Waals surface area contributed by atoms with Gasteiger partial charge in [-0.3, -0.25) is 30.3 Å². The Kier molecular flexibility index (Phi) is 5.34. The molecule has 13 heteroatoms. The van der Waals surface area contributed by atoms with Crippen LogP contribution in [0.4, 0.5) is 13.2 Å². The molecule has 2 rings (SSSR count). The Morgan fingerprint density at radius 2 is 1.79 bits per heavy atom. The molecule has 0 amide bonds. The van der Waals surface area contributed by atoms with Crippen molar-refractivity contribution in [2.45, 2.75) is 12.1 Å². The molecule has 0 aliphatic heterocycles. The molecule has 0 bridgehead atoms. The van der Waals surface area contributed by atoms with Crippen LogP contribution in [0.2, 0.25) is 0 Å². The molecule has 0 radical (unpaired) electrons. The molecule has 28 heavy (non-hydrogen) atoms. The number of hydrogen-bond acceptors (Lipinski definition) is 7. The van der Waals surface area contributed by atoms with Crippen molar-refractivity contribution >= 4 is 0 Å². The normalized spacial score (nSPS) is 17.8. The van der Waals surface area contributed by atoms with Crippen LogP contribution in [0.3, 0.4) is 0 Å². The fourth-order valence-electron chi connectivity index (χ4n) is 2.71. The monoisotopic (exact) mass is 397 g/mol. The molecule has 1 aliphatic carbocycles. The van der Waals surface area contributed by atoms with Crippen molar-refractivity contribution in [2.75, 3.05) is 0 Å². The summed E-state index contributed by atoms with van der Waals surface area (Å²) in [6.07, 6.45) is -3.87. The van der Waals surface area contributed by atoms with Gasteiger partial charge in [-0.2, -0.15) is 18.4 Å². The van der Waals surface area contributed by atoms with Gasteiger partial charge >= 0.3 is 6.18 Å². The number of allylic oxidation sites excluding steroid dienone is 1. The minimum atomic E-state index is -4.78. The SMILES string of the molecule is N#CC(c1cccc(C(F)(F)F)c1)C1C([N+](=O)[O-])=CC([N+](=O)[O-])=C[C-]1[N+](=O)[O-]. The van der Waals surface area contributed by atoms with E-state index in [2.05, 4.69) is 0 Å². The largest absolute Gasteiger partial charge is 0.416 e. The summed E-state index contributed by atoms with van der Waals surface area (Å²) in [5.74, 6) is -3.67. The highest BCUT2D eigenvalue weighted by Crippen LogP contribution is 2.42. The maximum atomic E-state index is 12.9. The lowest BCUT2D eigenvalue weighted by atomic mass is 9.77. The quantitative estimate of drug-likeness (QED) is 0.420. The van der Waals surface area contributed by atoms with Gasteiger partial charge in [-0.1, -0.05) is 24.3 Å². The zero-order valence-electron chi connectivity index (χ0n) is 13.5. The highest BCUT2D eigenvalue weighted by atomic mass is 19.4. The number of hydrogen-bond donors (Lipinski definition) is 0. The molecular weight excluding hydrogens is 389 g/mol. The first-order chi connectivity index (χ1) is 13.0. The van der Waals surface area contributed by atoms with Crippen LogP contribution in [-0.2, 0) is 6.18 Å². The molecule has 1 aromatic rings. The van der Waals surface area contributed by atoms with Gasteiger partial charge in [0.2, 0.25) is 5.70 Å². The van der Waals surface area contributed by atoms with Crippen LogP contribution < -0.4 is 0 Å². The van der Waals surface area contributed by atoms with Crippen LogP contribution in [0.25, 0.3) is 0 Å². The number of halogens is 3. The summed E-state index contributed by atoms with van der Waals surface area (Å²) in [6.45, 7) is 0. The van der Waals surface area contributed by atoms with E-state index < -0.39 is 55.8 Å². The Labute approximate surface area is 153 Å². The van der Waals surface area contributed by atoms with Crippen LogP contribution in [-0.4, -0.2) is 14.8 Å². The highest BCUT2D eigenvalue weighted by molar-refractivity contribution is 5.40. The Morgan fingerprint density at radius 3 is 2.25 bits per heavy atom. The molecular formula is C15H8F3N4O6-. The van der Waals surface area contributed by atoms with Gasteiger partial charge in [0, 0.05) is 6.08 Å². The molecule has 0 saturated carbocycles. The number of rotatable bonds is 5. The second-order valence-corrected chi connectivity index (χ2v) is 5.54. The second-order valence-electron chi connectivity index (χ2n) is 5.54. The molecule has 10 nitrogen and oxygen atoms in total. The summed E-state index contributed by atoms with van der Waals surface area (Å²) >= 11 is 0. The third-order valence-corrected chi connectivity index (χ3v) is 3.91. The molecule has 0 N–H and O–H groups in total. The van der Waals surface area contributed by atoms with Crippen LogP contribution in [0, 0.1) is 53.6 Å². The lowest BCUT2D eigenvalue weighted by Crippen LogP contribution is -2.32. The van der Waals surface area contributed by atoms with Gasteiger partial charge in [0.25, 0.3) is 0 Å². The predicted octanol–water partition coefficient (Wildman–Crippen LogP) is 3.07. The van der Waals surface area contributed by atoms with Crippen LogP contribution >= 0.6 is 0 Å². The van der Waals surface area contributed by atoms with Gasteiger partial charge in [-0.05, 0) is 21.5 Å². The third kappa shape index (κ3) is 3.90. The van der Waals surface area contributed by atoms with Crippen molar-refractivity contribution in [3.05, 3.63) is 95.3 Å². The van der Waals surface area contributed by atoms with Gasteiger partial charge in [0.05, 0.1) is 28.4 Å². The Balaban J connectivity index is 2.65. The molecule has 1 aliphatic rings. The van der Waals surface area contributed by atoms with Crippen molar-refractivity contribution < 1.29 is 27.9 Å². The summed E-state index contributed by atoms with van der Waals surface area (Å²) in [5.41, 5.74) is -3.50. The van der Waals surface area contributed by atoms with Crippen molar-refractivity contribution in [2.24, 2.45) is 5.92 Å². The molecule has 0 heterocycles. The number of benzene rings is 1. The van der Waals surface area contributed by atoms with E-state index in [0.717, 1.165) is 12.1 Å². The van der Waals surface area contributed by atoms with Gasteiger partial charge in [-0.15, -0.1) is 0 Å². The molecule has 146 valence electrons. The van der Waals surface area contributed by atoms with Crippen molar-refractivity contribution in [1.29, 1.82) is 5.26 Å². The lowest BCUT2D eigenvalue weighted by molar-refractivity contribution is -0.488. The number of alkyl halides is 3. The standard InChI is InChI=1S/C15H8F3N4O6/c16-15(17,18)9-3-1-2-8(4-9)11(7-19)14-12(21(25)26)5-10(20(23)24)6-13(14)22(27)28/h1-6,11,14H/q-1. The van der Waals surface area contributed by atoms with Crippen LogP contribution in [0.1, 0.15) is 17.0 Å². The van der Waals surface area contributed by atoms with E-state index in [1.165, 1.54) is 0 Å². The molecule has 2 unspecified atom stereocenters. The first-order valence-electron chi connectivity index (χ1n) is 7.27. The average molecular weight is 397 g/mol. The fraction of sp³-hybridized carbons (Fsp3) is 0.200. The second kappa shape index (κ2) is 7.35. The first kappa shape index (κ1) is 20.4. The zero-order valence-corrected chi connectivity index (χ0v) is 13.5. The van der Waals surface area contributed by atoms with E-state index in [-0.39, 0.29) is 5.56 Å². The van der Waals surface area contributed by atoms with Gasteiger partial charge in [0.15, 0.2) is 0 Å². The van der Waals surface area contributed by atoms with Crippen molar-refractivity contribution in [3.63, 3.8) is 0 Å². The molecule has 0 aromatic heterocycles. The molecule has 2 atom stereocenters. The van der Waals surface area contributed by atoms with E-state index in [1.54, 1.807) is 6.07 Å². The van der Waals surface area contributed by atoms with Gasteiger partial charge in [0.1, 0.15) is 11.7 Å². The minimum absolute atomic E-state index is 0.354. The van der Waals surface area contributed by atoms with Gasteiger partial charge in [-0.25, -0.2) is 0 Å². The zero-order chi connectivity index (χ0) is 21.2. The van der Waals surface area contributed by atoms with Gasteiger partial charge < -0.3 is 0 Å². The summed E-state index contributed by atoms with van der Waals surface area (Å²) in [7, 11) is 0. The fourth-order valence-corrected chi connectivity index (χ4v) is 2.71. The minimum Gasteiger partial charge on any atom is -0.277 e. The predicted molar refractivity (Wildman–Crippen MR) is 83.7 cm³/mol. The average Bonchev–Trinajstić information content (AvgIpc) is 2.61. The molecule has 0 fully saturated rings. The Morgan fingerprint density at radius 1 is 1.14 bits per heavy atom. The van der Waals surface area contributed by atoms with E-state index >= 15 is 0 Å². The number of nitrogens with zero attached hydrogens (tertiary/aromatic N) is 4. The maximum absolute atomic E-state index is 12.9. The maximum Gasteiger partial charge on any atom is 0.416 e. The first-order valence-corrected chi connectivity index (χ1v) is 7.27. The summed E-state index contributed by atoms with van der Waals surface area (Å²) in [4.78, 5) is 30.2. The third-order valence-electron chi connectivity index (χ3n) is 3.91. The van der Waals surface area contributed by atoms with Crippen LogP contribution in [0.5, 0.6) is 0 Å². The molecule has 1 aromatic carbocycles. The highest BCUT2D eigenvalue weighted by Gasteiger charge is 2.44. The van der Waals surface area contributed by atoms with E-state index in [9.17, 15) is 48.8 Å². The van der Waals surface area contributed by atoms with E-state index in [1.807, 2.05) is 0 Å². The topological polar surface area (TPSA) is 153 Å². The lowest BCUT2D eigenvalue weighted by Gasteiger charge is -2.28. The van der Waals surface area contributed by atoms with E-state index in [4.69, 9.17) is 0 Å². The summed E-state index contributed by atoms with van der Waals surface area (Å²) < 4.78 is 38.8. The molecule has 0 spiro atoms. The van der Waals surface area contributed by atoms with Crippen molar-refractivity contribution in [1.82, 2.24) is 0 Å². The Bertz CT molecular complexity index is 950. The summed E-state index contributed by atoms with van der Waals surface area (Å²) in [5, 5.41) is 43.0. The number of nitriles is 1. The smallest absolute Gasteiger partial charge is 0.277 e. The molecule has 0 saturated heterocycles. The Hall–Kier alpha value is -3.95. The van der Waals surface area contributed by atoms with Crippen molar-refractivity contribution in [3.8, 4) is 6.07 Å². The van der Waals surface area contributed by atoms with E-state index in [0.29, 0.717) is 24.3 Å². The van der Waals surface area contributed by atoms with Crippen LogP contribution in [0.15, 0.2) is 47.8 Å². The number of nitro groups is 3. The summed E-state index contributed by atoms with van der Waals surface area (Å²) in [6, 6.07) is 3.77.